The van der Waals surface area contributed by atoms with E-state index in [1.165, 1.54) is 12.1 Å². The third-order valence-electron chi connectivity index (χ3n) is 8.90. The van der Waals surface area contributed by atoms with Gasteiger partial charge >= 0.3 is 6.18 Å². The lowest BCUT2D eigenvalue weighted by Gasteiger charge is -2.21. The maximum Gasteiger partial charge on any atom is 0.417 e. The van der Waals surface area contributed by atoms with Crippen LogP contribution in [0.3, 0.4) is 0 Å². The summed E-state index contributed by atoms with van der Waals surface area (Å²) in [5, 5.41) is 14.7. The normalized spacial score (nSPS) is 12.0. The molecule has 46 heavy (non-hydrogen) atoms. The number of aromatic nitrogens is 2. The summed E-state index contributed by atoms with van der Waals surface area (Å²) >= 11 is 0. The monoisotopic (exact) mass is 605 g/mol. The standard InChI is InChI=1S/C40H26F3N3/c1-24-15-17-30-28-10-4-7-13-34(28)45(36(30)19-24)38-21-26(23-44)32(27-9-3-6-12-33(27)40(41,42)43)22-39(38)46-35-14-8-5-11-29(35)31-18-16-25(2)20-37(31)46/h3-22H,1-2H3. The number of nitrogens with zero attached hydrogens (tertiary/aromatic N) is 3. The van der Waals surface area contributed by atoms with Crippen LogP contribution >= 0.6 is 0 Å². The molecule has 8 aromatic rings. The maximum atomic E-state index is 14.4. The van der Waals surface area contributed by atoms with E-state index in [4.69, 9.17) is 0 Å². The van der Waals surface area contributed by atoms with Crippen LogP contribution in [0.25, 0.3) is 66.1 Å². The highest BCUT2D eigenvalue weighted by atomic mass is 19.4. The van der Waals surface area contributed by atoms with Crippen molar-refractivity contribution < 1.29 is 13.2 Å². The third-order valence-corrected chi connectivity index (χ3v) is 8.90. The van der Waals surface area contributed by atoms with Crippen molar-refractivity contribution in [2.45, 2.75) is 20.0 Å². The lowest BCUT2D eigenvalue weighted by atomic mass is 9.94. The molecule has 0 N–H and O–H groups in total. The van der Waals surface area contributed by atoms with Gasteiger partial charge in [-0.25, -0.2) is 0 Å². The van der Waals surface area contributed by atoms with Crippen molar-refractivity contribution in [3.05, 3.63) is 144 Å². The molecule has 0 aliphatic heterocycles. The maximum absolute atomic E-state index is 14.4. The van der Waals surface area contributed by atoms with E-state index in [0.717, 1.165) is 60.8 Å². The van der Waals surface area contributed by atoms with Crippen LogP contribution in [0.1, 0.15) is 22.3 Å². The smallest absolute Gasteiger partial charge is 0.307 e. The van der Waals surface area contributed by atoms with Gasteiger partial charge in [0, 0.05) is 27.1 Å². The first-order valence-electron chi connectivity index (χ1n) is 15.0. The Morgan fingerprint density at radius 2 is 1.00 bits per heavy atom. The van der Waals surface area contributed by atoms with Gasteiger partial charge in [0.15, 0.2) is 0 Å². The molecular formula is C40H26F3N3. The summed E-state index contributed by atoms with van der Waals surface area (Å²) in [6, 6.07) is 40.0. The molecule has 0 spiro atoms. The topological polar surface area (TPSA) is 33.6 Å². The number of aryl methyl sites for hydroxylation is 2. The zero-order chi connectivity index (χ0) is 31.7. The predicted octanol–water partition coefficient (Wildman–Crippen LogP) is 11.1. The Kier molecular flexibility index (Phi) is 6.10. The van der Waals surface area contributed by atoms with Gasteiger partial charge in [-0.1, -0.05) is 78.9 Å². The molecule has 0 saturated carbocycles. The second-order valence-electron chi connectivity index (χ2n) is 11.8. The molecule has 8 rings (SSSR count). The van der Waals surface area contributed by atoms with Crippen molar-refractivity contribution in [2.24, 2.45) is 0 Å². The number of rotatable bonds is 3. The third kappa shape index (κ3) is 4.13. The van der Waals surface area contributed by atoms with Crippen molar-refractivity contribution in [1.29, 1.82) is 5.26 Å². The Bertz CT molecular complexity index is 2560. The molecule has 222 valence electrons. The minimum Gasteiger partial charge on any atom is -0.307 e. The Hall–Kier alpha value is -5.80. The summed E-state index contributed by atoms with van der Waals surface area (Å²) in [6.07, 6.45) is -4.60. The van der Waals surface area contributed by atoms with E-state index in [2.05, 4.69) is 63.7 Å². The van der Waals surface area contributed by atoms with Crippen molar-refractivity contribution in [3.63, 3.8) is 0 Å². The fraction of sp³-hybridized carbons (Fsp3) is 0.0750. The van der Waals surface area contributed by atoms with Gasteiger partial charge in [0.1, 0.15) is 0 Å². The van der Waals surface area contributed by atoms with Gasteiger partial charge in [-0.3, -0.25) is 0 Å². The first-order chi connectivity index (χ1) is 22.2. The average Bonchev–Trinajstić information content (AvgIpc) is 3.55. The summed E-state index contributed by atoms with van der Waals surface area (Å²) in [7, 11) is 0. The van der Waals surface area contributed by atoms with Gasteiger partial charge in [-0.15, -0.1) is 0 Å². The van der Waals surface area contributed by atoms with E-state index in [1.54, 1.807) is 18.2 Å². The molecule has 0 saturated heterocycles. The summed E-state index contributed by atoms with van der Waals surface area (Å²) in [5.41, 5.74) is 6.81. The van der Waals surface area contributed by atoms with Gasteiger partial charge in [0.05, 0.1) is 50.6 Å². The van der Waals surface area contributed by atoms with E-state index in [-0.39, 0.29) is 16.7 Å². The van der Waals surface area contributed by atoms with Crippen LogP contribution in [0.4, 0.5) is 13.2 Å². The molecule has 2 heterocycles. The van der Waals surface area contributed by atoms with Crippen LogP contribution in [0, 0.1) is 25.2 Å². The minimum atomic E-state index is -4.60. The van der Waals surface area contributed by atoms with Crippen LogP contribution in [0.5, 0.6) is 0 Å². The number of hydrogen-bond donors (Lipinski definition) is 0. The Morgan fingerprint density at radius 1 is 0.522 bits per heavy atom. The molecule has 0 atom stereocenters. The van der Waals surface area contributed by atoms with E-state index in [0.29, 0.717) is 11.4 Å². The van der Waals surface area contributed by atoms with Gasteiger partial charge < -0.3 is 9.13 Å². The fourth-order valence-electron chi connectivity index (χ4n) is 6.90. The van der Waals surface area contributed by atoms with E-state index in [9.17, 15) is 18.4 Å². The zero-order valence-electron chi connectivity index (χ0n) is 25.0. The molecule has 0 bridgehead atoms. The van der Waals surface area contributed by atoms with Gasteiger partial charge in [0.2, 0.25) is 0 Å². The molecule has 6 aromatic carbocycles. The first kappa shape index (κ1) is 27.7. The highest BCUT2D eigenvalue weighted by molar-refractivity contribution is 6.12. The molecule has 3 nitrogen and oxygen atoms in total. The number of benzene rings is 6. The van der Waals surface area contributed by atoms with Crippen LogP contribution < -0.4 is 0 Å². The van der Waals surface area contributed by atoms with Crippen LogP contribution in [0.2, 0.25) is 0 Å². The van der Waals surface area contributed by atoms with Crippen molar-refractivity contribution in [3.8, 4) is 28.6 Å². The molecule has 0 aliphatic rings. The summed E-state index contributed by atoms with van der Waals surface area (Å²) in [6.45, 7) is 4.07. The number of alkyl halides is 3. The average molecular weight is 606 g/mol. The number of fused-ring (bicyclic) bond motifs is 6. The minimum absolute atomic E-state index is 0.0330. The van der Waals surface area contributed by atoms with Crippen molar-refractivity contribution in [1.82, 2.24) is 9.13 Å². The predicted molar refractivity (Wildman–Crippen MR) is 180 cm³/mol. The van der Waals surface area contributed by atoms with Crippen LogP contribution in [0.15, 0.2) is 121 Å². The molecule has 0 fully saturated rings. The highest BCUT2D eigenvalue weighted by Gasteiger charge is 2.34. The zero-order valence-corrected chi connectivity index (χ0v) is 25.0. The first-order valence-corrected chi connectivity index (χ1v) is 15.0. The largest absolute Gasteiger partial charge is 0.417 e. The Morgan fingerprint density at radius 3 is 1.54 bits per heavy atom. The molecule has 0 amide bonds. The molecule has 6 heteroatoms. The highest BCUT2D eigenvalue weighted by Crippen LogP contribution is 2.43. The van der Waals surface area contributed by atoms with E-state index < -0.39 is 11.7 Å². The molecular weight excluding hydrogens is 579 g/mol. The quantitative estimate of drug-likeness (QED) is 0.197. The van der Waals surface area contributed by atoms with Gasteiger partial charge in [-0.2, -0.15) is 18.4 Å². The summed E-state index contributed by atoms with van der Waals surface area (Å²) < 4.78 is 47.5. The molecule has 0 radical (unpaired) electrons. The number of para-hydroxylation sites is 2. The van der Waals surface area contributed by atoms with Crippen LogP contribution in [-0.2, 0) is 6.18 Å². The second kappa shape index (κ2) is 10.1. The van der Waals surface area contributed by atoms with Gasteiger partial charge in [0.25, 0.3) is 0 Å². The second-order valence-corrected chi connectivity index (χ2v) is 11.8. The lowest BCUT2D eigenvalue weighted by Crippen LogP contribution is -2.09. The van der Waals surface area contributed by atoms with E-state index in [1.807, 2.05) is 50.2 Å². The molecule has 2 aromatic heterocycles. The summed E-state index contributed by atoms with van der Waals surface area (Å²) in [5.74, 6) is 0. The summed E-state index contributed by atoms with van der Waals surface area (Å²) in [4.78, 5) is 0. The van der Waals surface area contributed by atoms with Crippen molar-refractivity contribution >= 4 is 43.6 Å². The van der Waals surface area contributed by atoms with E-state index >= 15 is 0 Å². The fourth-order valence-corrected chi connectivity index (χ4v) is 6.90. The van der Waals surface area contributed by atoms with Gasteiger partial charge in [-0.05, 0) is 73.0 Å². The molecule has 0 aliphatic carbocycles. The lowest BCUT2D eigenvalue weighted by molar-refractivity contribution is -0.137. The van der Waals surface area contributed by atoms with Crippen molar-refractivity contribution in [2.75, 3.05) is 0 Å². The Balaban J connectivity index is 1.60. The SMILES string of the molecule is Cc1ccc2c3ccccc3n(-c3cc(C#N)c(-c4ccccc4C(F)(F)F)cc3-n3c4ccccc4c4ccc(C)cc43)c2c1. The molecule has 0 unspecified atom stereocenters. The number of hydrogen-bond acceptors (Lipinski definition) is 1. The van der Waals surface area contributed by atoms with Crippen LogP contribution in [-0.4, -0.2) is 9.13 Å². The number of halogens is 3. The Labute approximate surface area is 263 Å². The number of nitriles is 1.